The highest BCUT2D eigenvalue weighted by atomic mass is 35.5. The molecular formula is C24H22ClNO3S. The molecule has 0 spiro atoms. The van der Waals surface area contributed by atoms with E-state index in [9.17, 15) is 4.79 Å². The van der Waals surface area contributed by atoms with Crippen molar-refractivity contribution in [3.8, 4) is 11.5 Å². The van der Waals surface area contributed by atoms with Gasteiger partial charge in [0.2, 0.25) is 0 Å². The fraction of sp³-hybridized carbons (Fsp3) is 0.208. The molecule has 0 aliphatic carbocycles. The van der Waals surface area contributed by atoms with Crippen LogP contribution in [0.2, 0.25) is 5.02 Å². The number of amides is 1. The van der Waals surface area contributed by atoms with Gasteiger partial charge in [0.15, 0.2) is 6.61 Å². The second-order valence-corrected chi connectivity index (χ2v) is 8.52. The number of halogens is 1. The average Bonchev–Trinajstić information content (AvgIpc) is 3.28. The number of rotatable bonds is 7. The summed E-state index contributed by atoms with van der Waals surface area (Å²) in [6, 6.07) is 25.1. The maximum absolute atomic E-state index is 12.7. The topological polar surface area (TPSA) is 38.8 Å². The highest BCUT2D eigenvalue weighted by Crippen LogP contribution is 2.38. The molecule has 1 aliphatic rings. The zero-order valence-corrected chi connectivity index (χ0v) is 17.9. The van der Waals surface area contributed by atoms with Crippen LogP contribution < -0.4 is 9.47 Å². The van der Waals surface area contributed by atoms with E-state index < -0.39 is 0 Å². The standard InChI is InChI=1S/C24H22ClNO3S/c25-20-8-12-22(13-9-20)29-17-23(27)26-14-15-30-24(26)19-6-10-21(11-7-19)28-16-18-4-2-1-3-5-18/h1-13,24H,14-17H2/t24-/m0/s1. The molecule has 1 atom stereocenters. The number of ether oxygens (including phenoxy) is 2. The van der Waals surface area contributed by atoms with E-state index in [1.807, 2.05) is 59.5 Å². The van der Waals surface area contributed by atoms with Crippen molar-refractivity contribution in [3.05, 3.63) is 95.0 Å². The summed E-state index contributed by atoms with van der Waals surface area (Å²) in [5, 5.41) is 0.635. The molecule has 1 fully saturated rings. The molecule has 30 heavy (non-hydrogen) atoms. The first-order valence-electron chi connectivity index (χ1n) is 9.75. The van der Waals surface area contributed by atoms with E-state index in [0.29, 0.717) is 23.9 Å². The molecule has 1 aliphatic heterocycles. The molecule has 4 nitrogen and oxygen atoms in total. The molecule has 0 bridgehead atoms. The van der Waals surface area contributed by atoms with E-state index in [2.05, 4.69) is 0 Å². The number of carbonyl (C=O) groups is 1. The Morgan fingerprint density at radius 2 is 1.60 bits per heavy atom. The van der Waals surface area contributed by atoms with Crippen molar-refractivity contribution in [3.63, 3.8) is 0 Å². The predicted octanol–water partition coefficient (Wildman–Crippen LogP) is 5.57. The van der Waals surface area contributed by atoms with Gasteiger partial charge in [-0.15, -0.1) is 11.8 Å². The van der Waals surface area contributed by atoms with Crippen LogP contribution in [0.3, 0.4) is 0 Å². The number of carbonyl (C=O) groups excluding carboxylic acids is 1. The Kier molecular flexibility index (Phi) is 6.82. The van der Waals surface area contributed by atoms with Gasteiger partial charge >= 0.3 is 0 Å². The van der Waals surface area contributed by atoms with Crippen LogP contribution in [0, 0.1) is 0 Å². The number of hydrogen-bond acceptors (Lipinski definition) is 4. The molecule has 3 aromatic rings. The molecule has 1 amide bonds. The van der Waals surface area contributed by atoms with Crippen molar-refractivity contribution in [1.29, 1.82) is 0 Å². The Bertz CT molecular complexity index is 964. The van der Waals surface area contributed by atoms with Gasteiger partial charge in [-0.1, -0.05) is 54.1 Å². The van der Waals surface area contributed by atoms with E-state index in [-0.39, 0.29) is 17.9 Å². The van der Waals surface area contributed by atoms with Crippen molar-refractivity contribution in [2.45, 2.75) is 12.0 Å². The molecule has 6 heteroatoms. The third kappa shape index (κ3) is 5.29. The smallest absolute Gasteiger partial charge is 0.261 e. The van der Waals surface area contributed by atoms with E-state index in [4.69, 9.17) is 21.1 Å². The normalized spacial score (nSPS) is 15.8. The van der Waals surface area contributed by atoms with Gasteiger partial charge in [0.25, 0.3) is 5.91 Å². The van der Waals surface area contributed by atoms with Gasteiger partial charge in [0.05, 0.1) is 0 Å². The lowest BCUT2D eigenvalue weighted by Gasteiger charge is -2.24. The fourth-order valence-electron chi connectivity index (χ4n) is 3.23. The van der Waals surface area contributed by atoms with Gasteiger partial charge in [-0.3, -0.25) is 4.79 Å². The number of hydrogen-bond donors (Lipinski definition) is 0. The Labute approximate surface area is 185 Å². The first kappa shape index (κ1) is 20.6. The summed E-state index contributed by atoms with van der Waals surface area (Å²) in [5.41, 5.74) is 2.22. The van der Waals surface area contributed by atoms with Gasteiger partial charge in [-0.05, 0) is 47.5 Å². The lowest BCUT2D eigenvalue weighted by Crippen LogP contribution is -2.34. The second kappa shape index (κ2) is 9.92. The Morgan fingerprint density at radius 3 is 2.33 bits per heavy atom. The third-order valence-electron chi connectivity index (χ3n) is 4.80. The number of thioether (sulfide) groups is 1. The molecule has 0 radical (unpaired) electrons. The van der Waals surface area contributed by atoms with Crippen molar-refractivity contribution < 1.29 is 14.3 Å². The molecule has 0 saturated carbocycles. The summed E-state index contributed by atoms with van der Waals surface area (Å²) < 4.78 is 11.5. The predicted molar refractivity (Wildman–Crippen MR) is 121 cm³/mol. The minimum atomic E-state index is -0.0237. The van der Waals surface area contributed by atoms with Crippen LogP contribution in [0.15, 0.2) is 78.9 Å². The summed E-state index contributed by atoms with van der Waals surface area (Å²) in [6.45, 7) is 1.26. The second-order valence-electron chi connectivity index (χ2n) is 6.90. The zero-order valence-electron chi connectivity index (χ0n) is 16.4. The number of nitrogens with zero attached hydrogens (tertiary/aromatic N) is 1. The van der Waals surface area contributed by atoms with Crippen molar-refractivity contribution in [2.75, 3.05) is 18.9 Å². The first-order valence-corrected chi connectivity index (χ1v) is 11.2. The largest absolute Gasteiger partial charge is 0.489 e. The lowest BCUT2D eigenvalue weighted by molar-refractivity contribution is -0.133. The molecule has 154 valence electrons. The van der Waals surface area contributed by atoms with Crippen LogP contribution in [0.25, 0.3) is 0 Å². The van der Waals surface area contributed by atoms with E-state index in [1.165, 1.54) is 0 Å². The highest BCUT2D eigenvalue weighted by Gasteiger charge is 2.30. The molecule has 0 unspecified atom stereocenters. The van der Waals surface area contributed by atoms with Gasteiger partial charge < -0.3 is 14.4 Å². The molecule has 0 aromatic heterocycles. The minimum Gasteiger partial charge on any atom is -0.489 e. The van der Waals surface area contributed by atoms with E-state index in [0.717, 1.165) is 22.6 Å². The number of benzene rings is 3. The van der Waals surface area contributed by atoms with Crippen molar-refractivity contribution >= 4 is 29.3 Å². The van der Waals surface area contributed by atoms with E-state index >= 15 is 0 Å². The summed E-state index contributed by atoms with van der Waals surface area (Å²) in [6.07, 6.45) is 0. The monoisotopic (exact) mass is 439 g/mol. The van der Waals surface area contributed by atoms with Crippen LogP contribution in [0.1, 0.15) is 16.5 Å². The molecule has 1 heterocycles. The van der Waals surface area contributed by atoms with Crippen LogP contribution in [-0.2, 0) is 11.4 Å². The summed E-state index contributed by atoms with van der Waals surface area (Å²) in [5.74, 6) is 2.33. The van der Waals surface area contributed by atoms with Crippen LogP contribution in [-0.4, -0.2) is 29.7 Å². The summed E-state index contributed by atoms with van der Waals surface area (Å²) in [4.78, 5) is 14.6. The van der Waals surface area contributed by atoms with Gasteiger partial charge in [0, 0.05) is 17.3 Å². The highest BCUT2D eigenvalue weighted by molar-refractivity contribution is 7.99. The van der Waals surface area contributed by atoms with Crippen LogP contribution in [0.4, 0.5) is 0 Å². The van der Waals surface area contributed by atoms with Gasteiger partial charge in [-0.2, -0.15) is 0 Å². The fourth-order valence-corrected chi connectivity index (χ4v) is 4.63. The third-order valence-corrected chi connectivity index (χ3v) is 6.31. The maximum Gasteiger partial charge on any atom is 0.261 e. The summed E-state index contributed by atoms with van der Waals surface area (Å²) >= 11 is 7.65. The molecule has 1 saturated heterocycles. The van der Waals surface area contributed by atoms with Gasteiger partial charge in [-0.25, -0.2) is 0 Å². The maximum atomic E-state index is 12.7. The average molecular weight is 440 g/mol. The summed E-state index contributed by atoms with van der Waals surface area (Å²) in [7, 11) is 0. The van der Waals surface area contributed by atoms with Crippen molar-refractivity contribution in [2.24, 2.45) is 0 Å². The van der Waals surface area contributed by atoms with Crippen molar-refractivity contribution in [1.82, 2.24) is 4.90 Å². The SMILES string of the molecule is O=C(COc1ccc(Cl)cc1)N1CCS[C@H]1c1ccc(OCc2ccccc2)cc1. The minimum absolute atomic E-state index is 0.00510. The molecule has 0 N–H and O–H groups in total. The van der Waals surface area contributed by atoms with Crippen LogP contribution >= 0.6 is 23.4 Å². The zero-order chi connectivity index (χ0) is 20.8. The lowest BCUT2D eigenvalue weighted by atomic mass is 10.2. The molecule has 4 rings (SSSR count). The first-order chi connectivity index (χ1) is 14.7. The Hall–Kier alpha value is -2.63. The quantitative estimate of drug-likeness (QED) is 0.482. The van der Waals surface area contributed by atoms with Gasteiger partial charge in [0.1, 0.15) is 23.5 Å². The molecular weight excluding hydrogens is 418 g/mol. The molecule has 3 aromatic carbocycles. The van der Waals surface area contributed by atoms with Crippen LogP contribution in [0.5, 0.6) is 11.5 Å². The Morgan fingerprint density at radius 1 is 0.933 bits per heavy atom. The Balaban J connectivity index is 1.34. The van der Waals surface area contributed by atoms with E-state index in [1.54, 1.807) is 36.0 Å².